The van der Waals surface area contributed by atoms with E-state index in [0.29, 0.717) is 35.1 Å². The number of carbonyl (C=O) groups is 1. The van der Waals surface area contributed by atoms with Crippen molar-refractivity contribution in [1.82, 2.24) is 4.98 Å². The Kier molecular flexibility index (Phi) is 7.23. The van der Waals surface area contributed by atoms with E-state index in [1.807, 2.05) is 13.8 Å². The van der Waals surface area contributed by atoms with Gasteiger partial charge in [-0.15, -0.1) is 0 Å². The summed E-state index contributed by atoms with van der Waals surface area (Å²) in [4.78, 5) is 28.3. The second-order valence-corrected chi connectivity index (χ2v) is 6.71. The van der Waals surface area contributed by atoms with Crippen LogP contribution in [0.1, 0.15) is 24.2 Å². The van der Waals surface area contributed by atoms with Crippen LogP contribution in [-0.4, -0.2) is 17.5 Å². The summed E-state index contributed by atoms with van der Waals surface area (Å²) in [6.45, 7) is 7.97. The van der Waals surface area contributed by atoms with Gasteiger partial charge in [0.2, 0.25) is 5.43 Å². The lowest BCUT2D eigenvalue weighted by molar-refractivity contribution is 0.102. The molecule has 3 rings (SSSR count). The van der Waals surface area contributed by atoms with Crippen LogP contribution in [0.2, 0.25) is 0 Å². The first-order valence-corrected chi connectivity index (χ1v) is 9.97. The van der Waals surface area contributed by atoms with Crippen LogP contribution in [0, 0.1) is 5.82 Å². The molecule has 0 unspecified atom stereocenters. The number of halogens is 1. The molecule has 0 spiro atoms. The van der Waals surface area contributed by atoms with Crippen LogP contribution in [0.25, 0.3) is 11.1 Å². The van der Waals surface area contributed by atoms with Crippen LogP contribution in [0.3, 0.4) is 0 Å². The zero-order valence-corrected chi connectivity index (χ0v) is 17.8. The van der Waals surface area contributed by atoms with Gasteiger partial charge >= 0.3 is 0 Å². The van der Waals surface area contributed by atoms with Crippen LogP contribution in [0.5, 0.6) is 5.75 Å². The Hall–Kier alpha value is -4.13. The first kappa shape index (κ1) is 22.6. The van der Waals surface area contributed by atoms with Crippen molar-refractivity contribution < 1.29 is 18.7 Å². The molecule has 164 valence electrons. The highest BCUT2D eigenvalue weighted by Gasteiger charge is 2.15. The maximum atomic E-state index is 13.2. The second-order valence-electron chi connectivity index (χ2n) is 6.71. The van der Waals surface area contributed by atoms with E-state index in [1.54, 1.807) is 30.3 Å². The number of anilines is 1. The second kappa shape index (κ2) is 10.3. The summed E-state index contributed by atoms with van der Waals surface area (Å²) in [7, 11) is 0. The lowest BCUT2D eigenvalue weighted by Crippen LogP contribution is -2.22. The molecule has 7 heteroatoms. The number of hydrogen-bond acceptors (Lipinski definition) is 4. The zero-order valence-electron chi connectivity index (χ0n) is 17.8. The average Bonchev–Trinajstić information content (AvgIpc) is 2.79. The van der Waals surface area contributed by atoms with Gasteiger partial charge in [0.05, 0.1) is 6.61 Å². The third-order valence-corrected chi connectivity index (χ3v) is 4.54. The number of benzene rings is 2. The number of carbonyl (C=O) groups excluding carboxylic acids is 1. The largest absolute Gasteiger partial charge is 0.491 e. The van der Waals surface area contributed by atoms with Crippen molar-refractivity contribution in [2.24, 2.45) is 0 Å². The molecule has 2 aromatic carbocycles. The van der Waals surface area contributed by atoms with E-state index in [1.165, 1.54) is 36.7 Å². The molecule has 0 aliphatic heterocycles. The smallest absolute Gasteiger partial charge is 0.261 e. The molecule has 0 atom stereocenters. The molecular formula is C25H23FN2O4. The van der Waals surface area contributed by atoms with Crippen molar-refractivity contribution >= 4 is 11.6 Å². The van der Waals surface area contributed by atoms with Crippen molar-refractivity contribution in [3.8, 4) is 16.9 Å². The van der Waals surface area contributed by atoms with Crippen LogP contribution in [0.4, 0.5) is 10.1 Å². The number of hydrogen-bond donors (Lipinski definition) is 2. The Bertz CT molecular complexity index is 1200. The minimum atomic E-state index is -0.567. The molecule has 0 radical (unpaired) electrons. The zero-order chi connectivity index (χ0) is 23.1. The van der Waals surface area contributed by atoms with E-state index in [9.17, 15) is 14.0 Å². The van der Waals surface area contributed by atoms with Crippen molar-refractivity contribution in [2.45, 2.75) is 13.8 Å². The molecule has 6 nitrogen and oxygen atoms in total. The molecule has 1 amide bonds. The van der Waals surface area contributed by atoms with Crippen molar-refractivity contribution in [2.75, 3.05) is 11.9 Å². The Morgan fingerprint density at radius 3 is 2.44 bits per heavy atom. The molecule has 1 aromatic heterocycles. The molecule has 0 saturated heterocycles. The van der Waals surface area contributed by atoms with E-state index in [0.717, 1.165) is 0 Å². The first-order valence-electron chi connectivity index (χ1n) is 9.97. The summed E-state index contributed by atoms with van der Waals surface area (Å²) in [5, 5.41) is 2.69. The minimum Gasteiger partial charge on any atom is -0.491 e. The molecule has 0 saturated carbocycles. The fraction of sp³-hybridized carbons (Fsp3) is 0.120. The molecule has 0 aliphatic rings. The molecule has 2 N–H and O–H groups in total. The highest BCUT2D eigenvalue weighted by Crippen LogP contribution is 2.21. The minimum absolute atomic E-state index is 0.0589. The molecule has 3 aromatic rings. The van der Waals surface area contributed by atoms with Gasteiger partial charge in [-0.3, -0.25) is 9.59 Å². The molecule has 0 aliphatic carbocycles. The summed E-state index contributed by atoms with van der Waals surface area (Å²) in [6, 6.07) is 12.2. The summed E-state index contributed by atoms with van der Waals surface area (Å²) in [6.07, 6.45) is 4.56. The normalized spacial score (nSPS) is 11.0. The number of nitrogens with one attached hydrogen (secondary N) is 2. The third-order valence-electron chi connectivity index (χ3n) is 4.54. The van der Waals surface area contributed by atoms with E-state index >= 15 is 0 Å². The van der Waals surface area contributed by atoms with Gasteiger partial charge in [-0.2, -0.15) is 0 Å². The van der Waals surface area contributed by atoms with Gasteiger partial charge in [0.25, 0.3) is 5.91 Å². The molecule has 0 bridgehead atoms. The summed E-state index contributed by atoms with van der Waals surface area (Å²) in [5.74, 6) is 0.478. The summed E-state index contributed by atoms with van der Waals surface area (Å²) in [5.41, 5.74) is 0.753. The van der Waals surface area contributed by atoms with Gasteiger partial charge in [-0.25, -0.2) is 4.39 Å². The number of H-pyrrole nitrogens is 1. The Morgan fingerprint density at radius 2 is 1.81 bits per heavy atom. The van der Waals surface area contributed by atoms with Crippen molar-refractivity contribution in [3.63, 3.8) is 0 Å². The predicted octanol–water partition coefficient (Wildman–Crippen LogP) is 5.27. The predicted molar refractivity (Wildman–Crippen MR) is 122 cm³/mol. The fourth-order valence-electron chi connectivity index (χ4n) is 2.95. The number of amides is 1. The van der Waals surface area contributed by atoms with Gasteiger partial charge in [0.15, 0.2) is 11.5 Å². The van der Waals surface area contributed by atoms with Gasteiger partial charge in [-0.1, -0.05) is 18.7 Å². The van der Waals surface area contributed by atoms with E-state index in [4.69, 9.17) is 9.47 Å². The van der Waals surface area contributed by atoms with Crippen molar-refractivity contribution in [1.29, 1.82) is 0 Å². The number of pyridine rings is 1. The fourth-order valence-corrected chi connectivity index (χ4v) is 2.95. The topological polar surface area (TPSA) is 80.4 Å². The number of ether oxygens (including phenoxy) is 2. The highest BCUT2D eigenvalue weighted by molar-refractivity contribution is 6.04. The number of aromatic amines is 1. The maximum absolute atomic E-state index is 13.2. The molecule has 32 heavy (non-hydrogen) atoms. The average molecular weight is 434 g/mol. The molecule has 1 heterocycles. The van der Waals surface area contributed by atoms with Gasteiger partial charge in [0, 0.05) is 23.6 Å². The van der Waals surface area contributed by atoms with Crippen LogP contribution in [0.15, 0.2) is 89.9 Å². The molecular weight excluding hydrogens is 411 g/mol. The summed E-state index contributed by atoms with van der Waals surface area (Å²) >= 11 is 0. The van der Waals surface area contributed by atoms with Crippen LogP contribution in [-0.2, 0) is 4.74 Å². The van der Waals surface area contributed by atoms with Gasteiger partial charge in [-0.05, 0) is 61.9 Å². The standard InChI is InChI=1S/C25H23FN2O4/c1-4-23(16(3)31-5-2)32-20-12-10-19(11-13-20)28-25(30)22-15-27-14-21(24(22)29)17-6-8-18(26)9-7-17/h4,6-15H,3,5H2,1-2H3,(H,27,29)(H,28,30). The van der Waals surface area contributed by atoms with Crippen LogP contribution < -0.4 is 15.5 Å². The lowest BCUT2D eigenvalue weighted by atomic mass is 10.0. The monoisotopic (exact) mass is 434 g/mol. The summed E-state index contributed by atoms with van der Waals surface area (Å²) < 4.78 is 24.3. The quantitative estimate of drug-likeness (QED) is 0.374. The number of aromatic nitrogens is 1. The van der Waals surface area contributed by atoms with Gasteiger partial charge in [0.1, 0.15) is 17.1 Å². The molecule has 0 fully saturated rings. The van der Waals surface area contributed by atoms with Crippen molar-refractivity contribution in [3.05, 3.63) is 107 Å². The Morgan fingerprint density at radius 1 is 1.12 bits per heavy atom. The van der Waals surface area contributed by atoms with Gasteiger partial charge < -0.3 is 19.8 Å². The van der Waals surface area contributed by atoms with Crippen LogP contribution >= 0.6 is 0 Å². The first-order chi connectivity index (χ1) is 15.4. The number of rotatable bonds is 8. The Balaban J connectivity index is 1.74. The highest BCUT2D eigenvalue weighted by atomic mass is 19.1. The SMILES string of the molecule is C=C(OCC)C(=CC)Oc1ccc(NC(=O)c2c[nH]cc(-c3ccc(F)cc3)c2=O)cc1. The van der Waals surface area contributed by atoms with E-state index in [-0.39, 0.29) is 11.1 Å². The van der Waals surface area contributed by atoms with E-state index in [2.05, 4.69) is 16.9 Å². The number of allylic oxidation sites excluding steroid dienone is 1. The maximum Gasteiger partial charge on any atom is 0.261 e. The third kappa shape index (κ3) is 5.31. The lowest BCUT2D eigenvalue weighted by Gasteiger charge is -2.13. The van der Waals surface area contributed by atoms with E-state index < -0.39 is 17.2 Å². The Labute approximate surface area is 185 Å².